The zero-order valence-corrected chi connectivity index (χ0v) is 7.91. The van der Waals surface area contributed by atoms with E-state index in [1.165, 1.54) is 12.1 Å². The normalized spacial score (nSPS) is 9.79. The van der Waals surface area contributed by atoms with E-state index in [4.69, 9.17) is 22.4 Å². The van der Waals surface area contributed by atoms with E-state index in [2.05, 4.69) is 0 Å². The summed E-state index contributed by atoms with van der Waals surface area (Å²) < 4.78 is 0. The lowest BCUT2D eigenvalue weighted by molar-refractivity contribution is -0.135. The second-order valence-electron chi connectivity index (χ2n) is 2.69. The van der Waals surface area contributed by atoms with E-state index in [9.17, 15) is 9.59 Å². The zero-order chi connectivity index (χ0) is 10.7. The van der Waals surface area contributed by atoms with Gasteiger partial charge in [0.1, 0.15) is 6.42 Å². The number of para-hydroxylation sites is 1. The Bertz CT molecular complexity index is 390. The van der Waals surface area contributed by atoms with Crippen LogP contribution in [0, 0.1) is 0 Å². The lowest BCUT2D eigenvalue weighted by Crippen LogP contribution is -2.09. The lowest BCUT2D eigenvalue weighted by Gasteiger charge is -2.03. The molecule has 14 heavy (non-hydrogen) atoms. The van der Waals surface area contributed by atoms with Crippen molar-refractivity contribution in [2.45, 2.75) is 6.42 Å². The fourth-order valence-corrected chi connectivity index (χ4v) is 1.19. The number of anilines is 1. The second kappa shape index (κ2) is 4.11. The summed E-state index contributed by atoms with van der Waals surface area (Å²) in [6.45, 7) is 0. The number of carboxylic acid groups (broad SMARTS) is 1. The van der Waals surface area contributed by atoms with Crippen LogP contribution in [-0.4, -0.2) is 16.9 Å². The Kier molecular flexibility index (Phi) is 3.09. The second-order valence-corrected chi connectivity index (χ2v) is 3.10. The average molecular weight is 214 g/mol. The maximum absolute atomic E-state index is 11.3. The van der Waals surface area contributed by atoms with Gasteiger partial charge in [0.05, 0.1) is 10.7 Å². The predicted octanol–water partition coefficient (Wildman–Crippen LogP) is 1.58. The Morgan fingerprint density at radius 1 is 1.43 bits per heavy atom. The summed E-state index contributed by atoms with van der Waals surface area (Å²) in [6.07, 6.45) is -0.579. The highest BCUT2D eigenvalue weighted by atomic mass is 35.5. The van der Waals surface area contributed by atoms with Gasteiger partial charge in [0, 0.05) is 5.56 Å². The summed E-state index contributed by atoms with van der Waals surface area (Å²) >= 11 is 5.67. The van der Waals surface area contributed by atoms with Gasteiger partial charge in [-0.2, -0.15) is 0 Å². The van der Waals surface area contributed by atoms with Gasteiger partial charge in [0.15, 0.2) is 5.78 Å². The topological polar surface area (TPSA) is 80.4 Å². The number of halogens is 1. The fourth-order valence-electron chi connectivity index (χ4n) is 1.01. The molecule has 3 N–H and O–H groups in total. The van der Waals surface area contributed by atoms with Crippen LogP contribution in [0.2, 0.25) is 5.02 Å². The Morgan fingerprint density at radius 3 is 2.64 bits per heavy atom. The van der Waals surface area contributed by atoms with Crippen LogP contribution in [0.3, 0.4) is 0 Å². The maximum Gasteiger partial charge on any atom is 0.311 e. The Morgan fingerprint density at radius 2 is 2.07 bits per heavy atom. The highest BCUT2D eigenvalue weighted by molar-refractivity contribution is 6.34. The molecule has 74 valence electrons. The first kappa shape index (κ1) is 10.5. The Hall–Kier alpha value is -1.55. The van der Waals surface area contributed by atoms with Crippen LogP contribution in [-0.2, 0) is 4.79 Å². The number of rotatable bonds is 3. The van der Waals surface area contributed by atoms with Crippen molar-refractivity contribution in [2.24, 2.45) is 0 Å². The highest BCUT2D eigenvalue weighted by Crippen LogP contribution is 2.23. The molecule has 5 heteroatoms. The number of nitrogen functional groups attached to an aromatic ring is 1. The summed E-state index contributed by atoms with van der Waals surface area (Å²) in [6, 6.07) is 4.54. The molecule has 0 spiro atoms. The van der Waals surface area contributed by atoms with E-state index >= 15 is 0 Å². The molecule has 0 aliphatic rings. The molecular formula is C9H8ClNO3. The molecule has 0 aliphatic carbocycles. The van der Waals surface area contributed by atoms with E-state index in [-0.39, 0.29) is 16.3 Å². The van der Waals surface area contributed by atoms with Crippen LogP contribution in [0.1, 0.15) is 16.8 Å². The maximum atomic E-state index is 11.3. The van der Waals surface area contributed by atoms with Gasteiger partial charge in [0.2, 0.25) is 0 Å². The molecule has 0 bridgehead atoms. The minimum atomic E-state index is -1.19. The average Bonchev–Trinajstić information content (AvgIpc) is 2.08. The number of carbonyl (C=O) groups is 2. The van der Waals surface area contributed by atoms with Gasteiger partial charge in [-0.1, -0.05) is 17.7 Å². The first-order valence-electron chi connectivity index (χ1n) is 3.81. The third-order valence-corrected chi connectivity index (χ3v) is 1.99. The van der Waals surface area contributed by atoms with Crippen molar-refractivity contribution in [1.29, 1.82) is 0 Å². The predicted molar refractivity (Wildman–Crippen MR) is 52.4 cm³/mol. The molecule has 1 aromatic carbocycles. The largest absolute Gasteiger partial charge is 0.481 e. The molecule has 0 aromatic heterocycles. The molecule has 0 unspecified atom stereocenters. The van der Waals surface area contributed by atoms with Crippen molar-refractivity contribution in [3.8, 4) is 0 Å². The number of carboxylic acids is 1. The molecule has 0 saturated carbocycles. The number of Topliss-reactive ketones (excluding diaryl/α,β-unsaturated/α-hetero) is 1. The molecule has 4 nitrogen and oxygen atoms in total. The van der Waals surface area contributed by atoms with Gasteiger partial charge in [-0.15, -0.1) is 0 Å². The summed E-state index contributed by atoms with van der Waals surface area (Å²) in [4.78, 5) is 21.6. The molecule has 0 fully saturated rings. The number of ketones is 1. The van der Waals surface area contributed by atoms with Crippen molar-refractivity contribution >= 4 is 29.0 Å². The molecule has 1 rings (SSSR count). The molecule has 0 saturated heterocycles. The Balaban J connectivity index is 3.01. The van der Waals surface area contributed by atoms with Crippen LogP contribution in [0.5, 0.6) is 0 Å². The first-order chi connectivity index (χ1) is 6.52. The van der Waals surface area contributed by atoms with Gasteiger partial charge in [-0.3, -0.25) is 9.59 Å². The van der Waals surface area contributed by atoms with Crippen LogP contribution < -0.4 is 5.73 Å². The third kappa shape index (κ3) is 2.23. The molecule has 0 amide bonds. The van der Waals surface area contributed by atoms with Crippen LogP contribution in [0.15, 0.2) is 18.2 Å². The first-order valence-corrected chi connectivity index (χ1v) is 4.19. The summed E-state index contributed by atoms with van der Waals surface area (Å²) in [5.74, 6) is -1.73. The number of hydrogen-bond acceptors (Lipinski definition) is 3. The van der Waals surface area contributed by atoms with Crippen LogP contribution in [0.4, 0.5) is 5.69 Å². The molecule has 0 radical (unpaired) electrons. The van der Waals surface area contributed by atoms with E-state index in [1.54, 1.807) is 6.07 Å². The molecule has 0 heterocycles. The van der Waals surface area contributed by atoms with E-state index < -0.39 is 18.2 Å². The van der Waals surface area contributed by atoms with Crippen molar-refractivity contribution in [3.63, 3.8) is 0 Å². The van der Waals surface area contributed by atoms with Crippen molar-refractivity contribution < 1.29 is 14.7 Å². The number of carbonyl (C=O) groups excluding carboxylic acids is 1. The zero-order valence-electron chi connectivity index (χ0n) is 7.16. The molecule has 0 atom stereocenters. The van der Waals surface area contributed by atoms with E-state index in [1.807, 2.05) is 0 Å². The molecule has 1 aromatic rings. The Labute approximate surface area is 85.3 Å². The standard InChI is InChI=1S/C9H8ClNO3/c10-6-3-1-2-5(9(6)11)7(12)4-8(13)14/h1-3H,4,11H2,(H,13,14). The van der Waals surface area contributed by atoms with Gasteiger partial charge in [0.25, 0.3) is 0 Å². The van der Waals surface area contributed by atoms with Crippen LogP contribution >= 0.6 is 11.6 Å². The van der Waals surface area contributed by atoms with Gasteiger partial charge in [-0.25, -0.2) is 0 Å². The SMILES string of the molecule is Nc1c(Cl)cccc1C(=O)CC(=O)O. The number of nitrogens with two attached hydrogens (primary N) is 1. The minimum Gasteiger partial charge on any atom is -0.481 e. The van der Waals surface area contributed by atoms with E-state index in [0.717, 1.165) is 0 Å². The van der Waals surface area contributed by atoms with Gasteiger partial charge < -0.3 is 10.8 Å². The van der Waals surface area contributed by atoms with Gasteiger partial charge >= 0.3 is 5.97 Å². The molecule has 0 aliphatic heterocycles. The highest BCUT2D eigenvalue weighted by Gasteiger charge is 2.14. The van der Waals surface area contributed by atoms with Crippen molar-refractivity contribution in [3.05, 3.63) is 28.8 Å². The fraction of sp³-hybridized carbons (Fsp3) is 0.111. The minimum absolute atomic E-state index is 0.125. The summed E-state index contributed by atoms with van der Waals surface area (Å²) in [5.41, 5.74) is 5.79. The summed E-state index contributed by atoms with van der Waals surface area (Å²) in [7, 11) is 0. The van der Waals surface area contributed by atoms with Crippen LogP contribution in [0.25, 0.3) is 0 Å². The van der Waals surface area contributed by atoms with Gasteiger partial charge in [-0.05, 0) is 12.1 Å². The lowest BCUT2D eigenvalue weighted by atomic mass is 10.1. The van der Waals surface area contributed by atoms with Crippen molar-refractivity contribution in [2.75, 3.05) is 5.73 Å². The summed E-state index contributed by atoms with van der Waals surface area (Å²) in [5, 5.41) is 8.66. The van der Waals surface area contributed by atoms with E-state index in [0.29, 0.717) is 0 Å². The monoisotopic (exact) mass is 213 g/mol. The quantitative estimate of drug-likeness (QED) is 0.454. The number of hydrogen-bond donors (Lipinski definition) is 2. The number of benzene rings is 1. The smallest absolute Gasteiger partial charge is 0.311 e. The van der Waals surface area contributed by atoms with Crippen molar-refractivity contribution in [1.82, 2.24) is 0 Å². The number of aliphatic carboxylic acids is 1. The third-order valence-electron chi connectivity index (χ3n) is 1.67. The molecular weight excluding hydrogens is 206 g/mol.